The minimum absolute atomic E-state index is 0.342. The summed E-state index contributed by atoms with van der Waals surface area (Å²) in [4.78, 5) is 20.0. The van der Waals surface area contributed by atoms with Crippen LogP contribution in [0.25, 0.3) is 22.6 Å². The Morgan fingerprint density at radius 3 is 2.71 bits per heavy atom. The maximum atomic E-state index is 13.6. The molecule has 1 aliphatic heterocycles. The number of primary amides is 1. The molecule has 0 saturated heterocycles. The van der Waals surface area contributed by atoms with Gasteiger partial charge in [0.05, 0.1) is 5.69 Å². The lowest BCUT2D eigenvalue weighted by atomic mass is 10.0. The Balaban J connectivity index is 1.81. The topological polar surface area (TPSA) is 78.1 Å². The van der Waals surface area contributed by atoms with Crippen LogP contribution in [0.4, 0.5) is 4.39 Å². The number of hydrogen-bond acceptors (Lipinski definition) is 4. The lowest BCUT2D eigenvalue weighted by molar-refractivity contribution is 0.100. The molecular weight excluding hydrogens is 309 g/mol. The Morgan fingerprint density at radius 1 is 1.17 bits per heavy atom. The van der Waals surface area contributed by atoms with Gasteiger partial charge in [-0.3, -0.25) is 4.79 Å². The van der Waals surface area contributed by atoms with Crippen molar-refractivity contribution in [2.75, 3.05) is 0 Å². The normalized spacial score (nSPS) is 12.0. The average molecular weight is 321 g/mol. The summed E-state index contributed by atoms with van der Waals surface area (Å²) in [6.45, 7) is 0.342. The van der Waals surface area contributed by atoms with Crippen LogP contribution in [0.3, 0.4) is 0 Å². The predicted octanol–water partition coefficient (Wildman–Crippen LogP) is 2.94. The second kappa shape index (κ2) is 5.42. The molecule has 6 heteroatoms. The number of hydrogen-bond donors (Lipinski definition) is 1. The van der Waals surface area contributed by atoms with Crippen molar-refractivity contribution in [3.63, 3.8) is 0 Å². The van der Waals surface area contributed by atoms with E-state index in [1.165, 1.54) is 12.1 Å². The van der Waals surface area contributed by atoms with E-state index in [0.29, 0.717) is 35.0 Å². The molecule has 2 aromatic carbocycles. The third kappa shape index (κ3) is 2.38. The monoisotopic (exact) mass is 321 g/mol. The summed E-state index contributed by atoms with van der Waals surface area (Å²) in [5.74, 6) is 0.241. The van der Waals surface area contributed by atoms with E-state index in [1.54, 1.807) is 36.5 Å². The van der Waals surface area contributed by atoms with Crippen LogP contribution in [0.5, 0.6) is 5.75 Å². The molecule has 2 heterocycles. The van der Waals surface area contributed by atoms with E-state index in [2.05, 4.69) is 9.97 Å². The Kier molecular flexibility index (Phi) is 3.23. The van der Waals surface area contributed by atoms with Gasteiger partial charge in [-0.2, -0.15) is 0 Å². The molecule has 1 aliphatic rings. The minimum Gasteiger partial charge on any atom is -0.488 e. The number of benzene rings is 2. The molecule has 0 unspecified atom stereocenters. The number of carbonyl (C=O) groups is 1. The van der Waals surface area contributed by atoms with Gasteiger partial charge in [-0.1, -0.05) is 12.1 Å². The van der Waals surface area contributed by atoms with E-state index in [1.807, 2.05) is 0 Å². The van der Waals surface area contributed by atoms with Crippen LogP contribution in [0, 0.1) is 5.82 Å². The van der Waals surface area contributed by atoms with Crippen molar-refractivity contribution in [2.24, 2.45) is 5.73 Å². The van der Waals surface area contributed by atoms with Gasteiger partial charge < -0.3 is 10.5 Å². The van der Waals surface area contributed by atoms with Crippen LogP contribution in [0.15, 0.2) is 48.7 Å². The fraction of sp³-hybridized carbons (Fsp3) is 0.0556. The van der Waals surface area contributed by atoms with Crippen LogP contribution in [0.1, 0.15) is 15.9 Å². The van der Waals surface area contributed by atoms with E-state index in [-0.39, 0.29) is 5.82 Å². The Labute approximate surface area is 136 Å². The molecule has 0 atom stereocenters. The summed E-state index contributed by atoms with van der Waals surface area (Å²) in [5, 5.41) is 0. The van der Waals surface area contributed by atoms with Gasteiger partial charge in [-0.25, -0.2) is 14.4 Å². The highest BCUT2D eigenvalue weighted by molar-refractivity contribution is 5.93. The quantitative estimate of drug-likeness (QED) is 0.787. The van der Waals surface area contributed by atoms with Gasteiger partial charge in [-0.05, 0) is 30.3 Å². The fourth-order valence-electron chi connectivity index (χ4n) is 2.64. The lowest BCUT2D eigenvalue weighted by Gasteiger charge is -2.20. The van der Waals surface area contributed by atoms with Crippen LogP contribution in [-0.4, -0.2) is 15.9 Å². The molecule has 0 fully saturated rings. The van der Waals surface area contributed by atoms with Crippen molar-refractivity contribution < 1.29 is 13.9 Å². The molecule has 0 radical (unpaired) electrons. The molecule has 0 aliphatic carbocycles. The first-order valence-corrected chi connectivity index (χ1v) is 7.31. The Bertz CT molecular complexity index is 955. The van der Waals surface area contributed by atoms with Crippen molar-refractivity contribution >= 4 is 5.91 Å². The highest BCUT2D eigenvalue weighted by Crippen LogP contribution is 2.37. The van der Waals surface area contributed by atoms with E-state index in [4.69, 9.17) is 10.5 Å². The number of amides is 1. The summed E-state index contributed by atoms with van der Waals surface area (Å²) >= 11 is 0. The van der Waals surface area contributed by atoms with Gasteiger partial charge in [0.2, 0.25) is 5.91 Å². The smallest absolute Gasteiger partial charge is 0.248 e. The molecule has 2 N–H and O–H groups in total. The Morgan fingerprint density at radius 2 is 1.96 bits per heavy atom. The highest BCUT2D eigenvalue weighted by atomic mass is 19.1. The van der Waals surface area contributed by atoms with Gasteiger partial charge in [0, 0.05) is 28.5 Å². The zero-order valence-corrected chi connectivity index (χ0v) is 12.5. The molecule has 0 spiro atoms. The zero-order valence-electron chi connectivity index (χ0n) is 12.5. The lowest BCUT2D eigenvalue weighted by Crippen LogP contribution is -2.10. The first kappa shape index (κ1) is 14.3. The number of aromatic nitrogens is 2. The number of fused-ring (bicyclic) bond motifs is 3. The van der Waals surface area contributed by atoms with E-state index < -0.39 is 5.91 Å². The molecule has 24 heavy (non-hydrogen) atoms. The van der Waals surface area contributed by atoms with Crippen LogP contribution in [-0.2, 0) is 6.61 Å². The number of halogens is 1. The third-order valence-corrected chi connectivity index (χ3v) is 3.87. The van der Waals surface area contributed by atoms with E-state index >= 15 is 0 Å². The second-order valence-electron chi connectivity index (χ2n) is 5.44. The van der Waals surface area contributed by atoms with E-state index in [0.717, 1.165) is 11.1 Å². The SMILES string of the molecule is NC(=O)c1ccc(-c2ncc3c(n2)-c2cc(F)ccc2OC3)cc1. The molecule has 0 saturated carbocycles. The Hall–Kier alpha value is -3.28. The van der Waals surface area contributed by atoms with Crippen molar-refractivity contribution in [1.29, 1.82) is 0 Å². The number of carbonyl (C=O) groups excluding carboxylic acids is 1. The minimum atomic E-state index is -0.491. The first-order chi connectivity index (χ1) is 11.6. The summed E-state index contributed by atoms with van der Waals surface area (Å²) in [6, 6.07) is 11.1. The van der Waals surface area contributed by atoms with Gasteiger partial charge >= 0.3 is 0 Å². The molecular formula is C18H12FN3O2. The molecule has 0 bridgehead atoms. The van der Waals surface area contributed by atoms with Crippen LogP contribution < -0.4 is 10.5 Å². The molecule has 5 nitrogen and oxygen atoms in total. The summed E-state index contributed by atoms with van der Waals surface area (Å²) in [6.07, 6.45) is 1.67. The third-order valence-electron chi connectivity index (χ3n) is 3.87. The number of nitrogens with zero attached hydrogens (tertiary/aromatic N) is 2. The summed E-state index contributed by atoms with van der Waals surface area (Å²) in [7, 11) is 0. The van der Waals surface area contributed by atoms with Crippen molar-refractivity contribution in [2.45, 2.75) is 6.61 Å². The van der Waals surface area contributed by atoms with Gasteiger partial charge in [0.15, 0.2) is 5.82 Å². The number of nitrogens with two attached hydrogens (primary N) is 1. The first-order valence-electron chi connectivity index (χ1n) is 7.31. The molecule has 3 aromatic rings. The molecule has 4 rings (SSSR count). The van der Waals surface area contributed by atoms with Gasteiger partial charge in [0.1, 0.15) is 18.2 Å². The van der Waals surface area contributed by atoms with Crippen molar-refractivity contribution in [1.82, 2.24) is 9.97 Å². The average Bonchev–Trinajstić information content (AvgIpc) is 2.61. The molecule has 1 aromatic heterocycles. The largest absolute Gasteiger partial charge is 0.488 e. The van der Waals surface area contributed by atoms with E-state index in [9.17, 15) is 9.18 Å². The van der Waals surface area contributed by atoms with Gasteiger partial charge in [0.25, 0.3) is 0 Å². The van der Waals surface area contributed by atoms with Crippen LogP contribution in [0.2, 0.25) is 0 Å². The van der Waals surface area contributed by atoms with Crippen molar-refractivity contribution in [3.8, 4) is 28.4 Å². The predicted molar refractivity (Wildman–Crippen MR) is 85.7 cm³/mol. The number of rotatable bonds is 2. The second-order valence-corrected chi connectivity index (χ2v) is 5.44. The summed E-state index contributed by atoms with van der Waals surface area (Å²) in [5.41, 5.74) is 8.45. The van der Waals surface area contributed by atoms with Crippen LogP contribution >= 0.6 is 0 Å². The highest BCUT2D eigenvalue weighted by Gasteiger charge is 2.20. The van der Waals surface area contributed by atoms with Crippen molar-refractivity contribution in [3.05, 3.63) is 65.6 Å². The maximum Gasteiger partial charge on any atom is 0.248 e. The van der Waals surface area contributed by atoms with Gasteiger partial charge in [-0.15, -0.1) is 0 Å². The standard InChI is InChI=1S/C18H12FN3O2/c19-13-5-6-15-14(7-13)16-12(9-24-15)8-21-18(22-16)11-3-1-10(2-4-11)17(20)23/h1-8H,9H2,(H2,20,23). The molecule has 118 valence electrons. The number of ether oxygens (including phenoxy) is 1. The maximum absolute atomic E-state index is 13.6. The zero-order chi connectivity index (χ0) is 16.7. The molecule has 1 amide bonds. The summed E-state index contributed by atoms with van der Waals surface area (Å²) < 4.78 is 19.2. The fourth-order valence-corrected chi connectivity index (χ4v) is 2.64.